The van der Waals surface area contributed by atoms with Crippen LogP contribution in [0, 0.1) is 0 Å². The van der Waals surface area contributed by atoms with E-state index in [-0.39, 0.29) is 17.9 Å². The van der Waals surface area contributed by atoms with Crippen LogP contribution in [0.2, 0.25) is 0 Å². The second-order valence-corrected chi connectivity index (χ2v) is 6.69. The lowest BCUT2D eigenvalue weighted by atomic mass is 10.3. The Kier molecular flexibility index (Phi) is 3.38. The van der Waals surface area contributed by atoms with Crippen molar-refractivity contribution in [3.63, 3.8) is 0 Å². The van der Waals surface area contributed by atoms with Crippen molar-refractivity contribution in [1.82, 2.24) is 4.57 Å². The molecule has 0 aliphatic heterocycles. The predicted octanol–water partition coefficient (Wildman–Crippen LogP) is 3.77. The zero-order valence-corrected chi connectivity index (χ0v) is 12.8. The molecule has 3 nitrogen and oxygen atoms in total. The lowest BCUT2D eigenvalue weighted by Gasteiger charge is -2.04. The molecule has 0 radical (unpaired) electrons. The van der Waals surface area contributed by atoms with Gasteiger partial charge in [0.15, 0.2) is 5.78 Å². The maximum atomic E-state index is 12.2. The van der Waals surface area contributed by atoms with Gasteiger partial charge < -0.3 is 4.57 Å². The van der Waals surface area contributed by atoms with Crippen LogP contribution in [0.5, 0.6) is 0 Å². The highest BCUT2D eigenvalue weighted by atomic mass is 79.9. The van der Waals surface area contributed by atoms with Crippen LogP contribution in [0.4, 0.5) is 0 Å². The number of hydrogen-bond acceptors (Lipinski definition) is 4. The first-order valence-corrected chi connectivity index (χ1v) is 8.05. The second kappa shape index (κ2) is 5.03. The maximum Gasteiger partial charge on any atom is 0.259 e. The highest BCUT2D eigenvalue weighted by Crippen LogP contribution is 2.23. The van der Waals surface area contributed by atoms with Crippen molar-refractivity contribution in [2.45, 2.75) is 6.54 Å². The van der Waals surface area contributed by atoms with Crippen molar-refractivity contribution < 1.29 is 4.79 Å². The number of hydrogen-bond donors (Lipinski definition) is 0. The molecule has 6 heteroatoms. The molecule has 3 heterocycles. The van der Waals surface area contributed by atoms with E-state index in [1.54, 1.807) is 12.3 Å². The zero-order chi connectivity index (χ0) is 13.4. The molecule has 0 N–H and O–H groups in total. The van der Waals surface area contributed by atoms with Gasteiger partial charge in [-0.2, -0.15) is 0 Å². The molecule has 0 amide bonds. The molecule has 0 spiro atoms. The molecule has 3 aromatic rings. The quantitative estimate of drug-likeness (QED) is 0.672. The fraction of sp³-hybridized carbons (Fsp3) is 0.0769. The molecule has 96 valence electrons. The zero-order valence-electron chi connectivity index (χ0n) is 9.63. The van der Waals surface area contributed by atoms with Crippen LogP contribution in [0.3, 0.4) is 0 Å². The van der Waals surface area contributed by atoms with E-state index in [2.05, 4.69) is 15.9 Å². The fourth-order valence-corrected chi connectivity index (χ4v) is 4.15. The summed E-state index contributed by atoms with van der Waals surface area (Å²) in [5.41, 5.74) is -0.111. The Hall–Kier alpha value is -1.24. The summed E-state index contributed by atoms with van der Waals surface area (Å²) >= 11 is 6.24. The number of rotatable bonds is 3. The average molecular weight is 354 g/mol. The van der Waals surface area contributed by atoms with Gasteiger partial charge in [-0.25, -0.2) is 0 Å². The standard InChI is InChI=1S/C13H8BrNO2S2/c14-9-3-6-19-12(9)10(16)7-15-4-1-11-8(13(15)17)2-5-18-11/h1-6H,7H2. The molecule has 0 saturated heterocycles. The van der Waals surface area contributed by atoms with Crippen LogP contribution in [0.15, 0.2) is 44.4 Å². The summed E-state index contributed by atoms with van der Waals surface area (Å²) < 4.78 is 3.20. The Labute approximate surface area is 125 Å². The number of carbonyl (C=O) groups is 1. The maximum absolute atomic E-state index is 12.2. The van der Waals surface area contributed by atoms with Gasteiger partial charge in [0.25, 0.3) is 5.56 Å². The van der Waals surface area contributed by atoms with Crippen molar-refractivity contribution in [3.8, 4) is 0 Å². The average Bonchev–Trinajstić information content (AvgIpc) is 3.01. The summed E-state index contributed by atoms with van der Waals surface area (Å²) in [6.07, 6.45) is 1.68. The molecule has 0 unspecified atom stereocenters. The van der Waals surface area contributed by atoms with Gasteiger partial charge in [0, 0.05) is 15.4 Å². The predicted molar refractivity (Wildman–Crippen MR) is 82.4 cm³/mol. The molecule has 0 aliphatic carbocycles. The minimum absolute atomic E-state index is 0.0569. The van der Waals surface area contributed by atoms with Gasteiger partial charge in [0.05, 0.1) is 16.8 Å². The highest BCUT2D eigenvalue weighted by molar-refractivity contribution is 9.10. The van der Waals surface area contributed by atoms with E-state index >= 15 is 0 Å². The summed E-state index contributed by atoms with van der Waals surface area (Å²) in [7, 11) is 0. The van der Waals surface area contributed by atoms with E-state index in [1.807, 2.05) is 22.9 Å². The third-order valence-electron chi connectivity index (χ3n) is 2.78. The Morgan fingerprint density at radius 2 is 2.00 bits per heavy atom. The van der Waals surface area contributed by atoms with Crippen LogP contribution in [-0.4, -0.2) is 10.4 Å². The minimum Gasteiger partial charge on any atom is -0.307 e. The van der Waals surface area contributed by atoms with Crippen LogP contribution < -0.4 is 5.56 Å². The normalized spacial score (nSPS) is 11.0. The number of fused-ring (bicyclic) bond motifs is 1. The van der Waals surface area contributed by atoms with Crippen molar-refractivity contribution in [3.05, 3.63) is 54.9 Å². The van der Waals surface area contributed by atoms with Crippen molar-refractivity contribution in [2.75, 3.05) is 0 Å². The Bertz CT molecular complexity index is 815. The smallest absolute Gasteiger partial charge is 0.259 e. The number of carbonyl (C=O) groups excluding carboxylic acids is 1. The SMILES string of the molecule is O=C(Cn1ccc2sccc2c1=O)c1sccc1Br. The molecule has 3 aromatic heterocycles. The van der Waals surface area contributed by atoms with Crippen molar-refractivity contribution in [1.29, 1.82) is 0 Å². The van der Waals surface area contributed by atoms with E-state index in [0.29, 0.717) is 10.3 Å². The minimum atomic E-state index is -0.111. The summed E-state index contributed by atoms with van der Waals surface area (Å²) in [6.45, 7) is 0.0731. The number of aromatic nitrogens is 1. The van der Waals surface area contributed by atoms with Gasteiger partial charge in [-0.3, -0.25) is 9.59 Å². The molecule has 0 aromatic carbocycles. The fourth-order valence-electron chi connectivity index (χ4n) is 1.85. The van der Waals surface area contributed by atoms with E-state index in [4.69, 9.17) is 0 Å². The summed E-state index contributed by atoms with van der Waals surface area (Å²) in [6, 6.07) is 5.51. The number of pyridine rings is 1. The molecule has 0 fully saturated rings. The monoisotopic (exact) mass is 353 g/mol. The molecule has 0 aliphatic rings. The van der Waals surface area contributed by atoms with Crippen LogP contribution in [0.1, 0.15) is 9.67 Å². The number of ketones is 1. The first-order valence-electron chi connectivity index (χ1n) is 5.49. The van der Waals surface area contributed by atoms with Crippen molar-refractivity contribution >= 4 is 54.5 Å². The van der Waals surface area contributed by atoms with E-state index in [0.717, 1.165) is 9.17 Å². The molecular formula is C13H8BrNO2S2. The van der Waals surface area contributed by atoms with Gasteiger partial charge in [-0.15, -0.1) is 22.7 Å². The first kappa shape index (κ1) is 12.8. The number of halogens is 1. The van der Waals surface area contributed by atoms with Crippen molar-refractivity contribution in [2.24, 2.45) is 0 Å². The lowest BCUT2D eigenvalue weighted by molar-refractivity contribution is 0.0974. The van der Waals surface area contributed by atoms with E-state index in [9.17, 15) is 9.59 Å². The van der Waals surface area contributed by atoms with Gasteiger partial charge in [0.1, 0.15) is 0 Å². The van der Waals surface area contributed by atoms with Crippen LogP contribution in [-0.2, 0) is 6.54 Å². The molecule has 0 bridgehead atoms. The largest absolute Gasteiger partial charge is 0.307 e. The topological polar surface area (TPSA) is 39.1 Å². The third-order valence-corrected chi connectivity index (χ3v) is 5.54. The number of nitrogens with zero attached hydrogens (tertiary/aromatic N) is 1. The Morgan fingerprint density at radius 1 is 1.21 bits per heavy atom. The third kappa shape index (κ3) is 2.31. The highest BCUT2D eigenvalue weighted by Gasteiger charge is 2.13. The summed E-state index contributed by atoms with van der Waals surface area (Å²) in [4.78, 5) is 25.0. The number of thiophene rings is 2. The number of Topliss-reactive ketones (excluding diaryl/α,β-unsaturated/α-hetero) is 1. The molecular weight excluding hydrogens is 346 g/mol. The van der Waals surface area contributed by atoms with Gasteiger partial charge >= 0.3 is 0 Å². The van der Waals surface area contributed by atoms with Gasteiger partial charge in [-0.05, 0) is 44.9 Å². The molecule has 0 saturated carbocycles. The van der Waals surface area contributed by atoms with E-state index < -0.39 is 0 Å². The second-order valence-electron chi connectivity index (χ2n) is 3.97. The van der Waals surface area contributed by atoms with Gasteiger partial charge in [-0.1, -0.05) is 0 Å². The van der Waals surface area contributed by atoms with E-state index in [1.165, 1.54) is 27.2 Å². The molecule has 3 rings (SSSR count). The summed E-state index contributed by atoms with van der Waals surface area (Å²) in [5.74, 6) is -0.0569. The lowest BCUT2D eigenvalue weighted by Crippen LogP contribution is -2.23. The first-order chi connectivity index (χ1) is 9.16. The Morgan fingerprint density at radius 3 is 2.74 bits per heavy atom. The van der Waals surface area contributed by atoms with Gasteiger partial charge in [0.2, 0.25) is 0 Å². The Balaban J connectivity index is 1.98. The molecule has 19 heavy (non-hydrogen) atoms. The summed E-state index contributed by atoms with van der Waals surface area (Å²) in [5, 5.41) is 4.40. The van der Waals surface area contributed by atoms with Crippen LogP contribution >= 0.6 is 38.6 Å². The molecule has 0 atom stereocenters. The van der Waals surface area contributed by atoms with Crippen LogP contribution in [0.25, 0.3) is 10.1 Å².